The largest absolute Gasteiger partial charge is 0.491 e. The number of anilines is 2. The molecule has 2 aromatic rings. The highest BCUT2D eigenvalue weighted by Crippen LogP contribution is 2.30. The van der Waals surface area contributed by atoms with Crippen molar-refractivity contribution in [2.45, 2.75) is 11.3 Å². The second-order valence-corrected chi connectivity index (χ2v) is 6.16. The van der Waals surface area contributed by atoms with Crippen LogP contribution in [0.3, 0.4) is 0 Å². The molecule has 0 unspecified atom stereocenters. The zero-order chi connectivity index (χ0) is 15.6. The third kappa shape index (κ3) is 2.98. The van der Waals surface area contributed by atoms with E-state index in [0.717, 1.165) is 0 Å². The molecule has 2 N–H and O–H groups in total. The van der Waals surface area contributed by atoms with Crippen LogP contribution in [0.1, 0.15) is 6.42 Å². The predicted octanol–water partition coefficient (Wildman–Crippen LogP) is 0.998. The van der Waals surface area contributed by atoms with Crippen LogP contribution < -0.4 is 14.8 Å². The number of ether oxygens (including phenoxy) is 1. The first-order chi connectivity index (χ1) is 10.5. The summed E-state index contributed by atoms with van der Waals surface area (Å²) >= 11 is 0. The third-order valence-electron chi connectivity index (χ3n) is 2.91. The van der Waals surface area contributed by atoms with Crippen LogP contribution in [0.2, 0.25) is 0 Å². The number of benzene rings is 1. The Labute approximate surface area is 126 Å². The number of carbonyl (C=O) groups excluding carboxylic acids is 1. The maximum Gasteiger partial charge on any atom is 0.264 e. The van der Waals surface area contributed by atoms with E-state index < -0.39 is 10.0 Å². The molecular weight excluding hydrogens is 308 g/mol. The minimum absolute atomic E-state index is 0.0236. The van der Waals surface area contributed by atoms with Gasteiger partial charge in [-0.3, -0.25) is 4.79 Å². The second-order valence-electron chi connectivity index (χ2n) is 4.48. The molecule has 1 amide bonds. The van der Waals surface area contributed by atoms with E-state index in [4.69, 9.17) is 4.74 Å². The van der Waals surface area contributed by atoms with Gasteiger partial charge in [0.1, 0.15) is 5.75 Å². The lowest BCUT2D eigenvalue weighted by molar-refractivity contribution is -0.116. The standard InChI is InChI=1S/C13H12N4O4S/c18-12-4-7-21-11-3-2-9(8-10(11)16-12)22(19,20)17-13-14-5-1-6-15-13/h1-3,5-6,8H,4,7H2,(H,16,18)(H,14,15,17). The second kappa shape index (κ2) is 5.60. The van der Waals surface area contributed by atoms with Crippen LogP contribution in [-0.2, 0) is 14.8 Å². The van der Waals surface area contributed by atoms with Gasteiger partial charge in [-0.1, -0.05) is 0 Å². The molecule has 22 heavy (non-hydrogen) atoms. The fourth-order valence-electron chi connectivity index (χ4n) is 1.90. The molecule has 0 saturated carbocycles. The maximum absolute atomic E-state index is 12.3. The molecular formula is C13H12N4O4S. The number of hydrogen-bond donors (Lipinski definition) is 2. The molecule has 2 heterocycles. The molecule has 8 nitrogen and oxygen atoms in total. The number of nitrogens with zero attached hydrogens (tertiary/aromatic N) is 2. The van der Waals surface area contributed by atoms with Crippen LogP contribution in [0.25, 0.3) is 0 Å². The lowest BCUT2D eigenvalue weighted by Crippen LogP contribution is -2.15. The molecule has 1 aromatic carbocycles. The first-order valence-corrected chi connectivity index (χ1v) is 7.89. The Morgan fingerprint density at radius 2 is 2.00 bits per heavy atom. The van der Waals surface area contributed by atoms with Gasteiger partial charge >= 0.3 is 0 Å². The van der Waals surface area contributed by atoms with Gasteiger partial charge < -0.3 is 10.1 Å². The van der Waals surface area contributed by atoms with Gasteiger partial charge in [-0.25, -0.2) is 23.1 Å². The van der Waals surface area contributed by atoms with E-state index in [1.54, 1.807) is 6.07 Å². The van der Waals surface area contributed by atoms with Crippen molar-refractivity contribution >= 4 is 27.6 Å². The minimum atomic E-state index is -3.86. The molecule has 0 bridgehead atoms. The lowest BCUT2D eigenvalue weighted by atomic mass is 10.3. The first-order valence-electron chi connectivity index (χ1n) is 6.41. The van der Waals surface area contributed by atoms with E-state index in [1.165, 1.54) is 30.6 Å². The van der Waals surface area contributed by atoms with E-state index in [2.05, 4.69) is 20.0 Å². The molecule has 0 atom stereocenters. The summed E-state index contributed by atoms with van der Waals surface area (Å²) in [6, 6.07) is 5.81. The van der Waals surface area contributed by atoms with Crippen molar-refractivity contribution in [3.63, 3.8) is 0 Å². The normalized spacial score (nSPS) is 14.3. The fourth-order valence-corrected chi connectivity index (χ4v) is 2.88. The molecule has 0 saturated heterocycles. The van der Waals surface area contributed by atoms with Crippen LogP contribution in [0, 0.1) is 0 Å². The zero-order valence-corrected chi connectivity index (χ0v) is 12.1. The van der Waals surface area contributed by atoms with Gasteiger partial charge in [0.25, 0.3) is 10.0 Å². The summed E-state index contributed by atoms with van der Waals surface area (Å²) in [7, 11) is -3.86. The minimum Gasteiger partial charge on any atom is -0.491 e. The molecule has 1 aliphatic heterocycles. The summed E-state index contributed by atoms with van der Waals surface area (Å²) in [4.78, 5) is 19.1. The predicted molar refractivity (Wildman–Crippen MR) is 78.0 cm³/mol. The highest BCUT2D eigenvalue weighted by Gasteiger charge is 2.20. The topological polar surface area (TPSA) is 110 Å². The number of nitrogens with one attached hydrogen (secondary N) is 2. The number of hydrogen-bond acceptors (Lipinski definition) is 6. The Kier molecular flexibility index (Phi) is 3.63. The van der Waals surface area contributed by atoms with E-state index in [9.17, 15) is 13.2 Å². The monoisotopic (exact) mass is 320 g/mol. The van der Waals surface area contributed by atoms with Crippen molar-refractivity contribution in [1.82, 2.24) is 9.97 Å². The highest BCUT2D eigenvalue weighted by molar-refractivity contribution is 7.92. The van der Waals surface area contributed by atoms with Crippen LogP contribution in [0.4, 0.5) is 11.6 Å². The number of fused-ring (bicyclic) bond motifs is 1. The lowest BCUT2D eigenvalue weighted by Gasteiger charge is -2.10. The number of rotatable bonds is 3. The van der Waals surface area contributed by atoms with E-state index in [0.29, 0.717) is 11.4 Å². The van der Waals surface area contributed by atoms with Gasteiger partial charge in [-0.15, -0.1) is 0 Å². The number of sulfonamides is 1. The smallest absolute Gasteiger partial charge is 0.264 e. The van der Waals surface area contributed by atoms with Gasteiger partial charge in [0.2, 0.25) is 11.9 Å². The van der Waals surface area contributed by atoms with Gasteiger partial charge in [-0.05, 0) is 24.3 Å². The molecule has 0 fully saturated rings. The Morgan fingerprint density at radius 1 is 1.23 bits per heavy atom. The SMILES string of the molecule is O=C1CCOc2ccc(S(=O)(=O)Nc3ncccn3)cc2N1. The van der Waals surface area contributed by atoms with Crippen molar-refractivity contribution in [3.05, 3.63) is 36.7 Å². The van der Waals surface area contributed by atoms with Crippen LogP contribution in [0.5, 0.6) is 5.75 Å². The van der Waals surface area contributed by atoms with Crippen molar-refractivity contribution in [3.8, 4) is 5.75 Å². The molecule has 1 aliphatic rings. The summed E-state index contributed by atoms with van der Waals surface area (Å²) in [6.45, 7) is 0.251. The van der Waals surface area contributed by atoms with Gasteiger partial charge in [0, 0.05) is 12.4 Å². The molecule has 9 heteroatoms. The van der Waals surface area contributed by atoms with Crippen molar-refractivity contribution < 1.29 is 17.9 Å². The summed E-state index contributed by atoms with van der Waals surface area (Å²) in [6.07, 6.45) is 3.07. The van der Waals surface area contributed by atoms with Crippen LogP contribution >= 0.6 is 0 Å². The zero-order valence-electron chi connectivity index (χ0n) is 11.3. The van der Waals surface area contributed by atoms with E-state index in [-0.39, 0.29) is 29.8 Å². The Hall–Kier alpha value is -2.68. The van der Waals surface area contributed by atoms with Crippen molar-refractivity contribution in [2.75, 3.05) is 16.6 Å². The van der Waals surface area contributed by atoms with Crippen LogP contribution in [-0.4, -0.2) is 30.9 Å². The Balaban J connectivity index is 1.93. The van der Waals surface area contributed by atoms with Crippen LogP contribution in [0.15, 0.2) is 41.6 Å². The van der Waals surface area contributed by atoms with Crippen molar-refractivity contribution in [1.29, 1.82) is 0 Å². The van der Waals surface area contributed by atoms with Gasteiger partial charge in [0.05, 0.1) is 23.6 Å². The summed E-state index contributed by atoms with van der Waals surface area (Å²) < 4.78 is 32.3. The highest BCUT2D eigenvalue weighted by atomic mass is 32.2. The maximum atomic E-state index is 12.3. The van der Waals surface area contributed by atoms with Gasteiger partial charge in [0.15, 0.2) is 0 Å². The fraction of sp³-hybridized carbons (Fsp3) is 0.154. The average Bonchev–Trinajstić information content (AvgIpc) is 2.67. The quantitative estimate of drug-likeness (QED) is 0.873. The van der Waals surface area contributed by atoms with E-state index >= 15 is 0 Å². The Morgan fingerprint density at radius 3 is 2.77 bits per heavy atom. The summed E-state index contributed by atoms with van der Waals surface area (Å²) in [5.74, 6) is 0.172. The number of aromatic nitrogens is 2. The molecule has 1 aromatic heterocycles. The average molecular weight is 320 g/mol. The molecule has 0 aliphatic carbocycles. The van der Waals surface area contributed by atoms with Crippen molar-refractivity contribution in [2.24, 2.45) is 0 Å². The van der Waals surface area contributed by atoms with E-state index in [1.807, 2.05) is 0 Å². The Bertz CT molecular complexity index is 808. The number of amides is 1. The molecule has 114 valence electrons. The molecule has 0 spiro atoms. The first kappa shape index (κ1) is 14.3. The van der Waals surface area contributed by atoms with Gasteiger partial charge in [-0.2, -0.15) is 0 Å². The number of carbonyl (C=O) groups is 1. The molecule has 0 radical (unpaired) electrons. The summed E-state index contributed by atoms with van der Waals surface area (Å²) in [5.41, 5.74) is 0.319. The third-order valence-corrected chi connectivity index (χ3v) is 4.24. The molecule has 3 rings (SSSR count). The summed E-state index contributed by atoms with van der Waals surface area (Å²) in [5, 5.41) is 2.61.